The quantitative estimate of drug-likeness (QED) is 0.847. The molecule has 1 aliphatic heterocycles. The molecule has 2 rings (SSSR count). The summed E-state index contributed by atoms with van der Waals surface area (Å²) in [7, 11) is 1.58. The smallest absolute Gasteiger partial charge is 0.258 e. The van der Waals surface area contributed by atoms with Crippen molar-refractivity contribution in [3.8, 4) is 5.75 Å². The molecule has 0 bridgehead atoms. The minimum Gasteiger partial charge on any atom is -0.496 e. The first-order valence-corrected chi connectivity index (χ1v) is 7.62. The average Bonchev–Trinajstić information content (AvgIpc) is 2.46. The van der Waals surface area contributed by atoms with Gasteiger partial charge in [-0.1, -0.05) is 22.9 Å². The summed E-state index contributed by atoms with van der Waals surface area (Å²) < 4.78 is 11.9. The second-order valence-corrected chi connectivity index (χ2v) is 5.92. The summed E-state index contributed by atoms with van der Waals surface area (Å²) >= 11 is 3.39. The Bertz CT molecular complexity index is 492. The highest BCUT2D eigenvalue weighted by molar-refractivity contribution is 9.10. The fourth-order valence-corrected chi connectivity index (χ4v) is 2.77. The molecule has 5 heteroatoms. The van der Waals surface area contributed by atoms with Crippen LogP contribution in [0.25, 0.3) is 0 Å². The zero-order chi connectivity index (χ0) is 14.7. The van der Waals surface area contributed by atoms with Gasteiger partial charge in [-0.05, 0) is 31.5 Å². The maximum atomic E-state index is 12.8. The second-order valence-electron chi connectivity index (χ2n) is 5.01. The van der Waals surface area contributed by atoms with Gasteiger partial charge in [0.2, 0.25) is 0 Å². The largest absolute Gasteiger partial charge is 0.496 e. The van der Waals surface area contributed by atoms with Crippen molar-refractivity contribution in [2.75, 3.05) is 20.3 Å². The number of carbonyl (C=O) groups excluding carboxylic acids is 1. The van der Waals surface area contributed by atoms with Gasteiger partial charge in [0, 0.05) is 11.0 Å². The number of hydrogen-bond acceptors (Lipinski definition) is 3. The predicted molar refractivity (Wildman–Crippen MR) is 81.2 cm³/mol. The van der Waals surface area contributed by atoms with E-state index in [0.29, 0.717) is 24.5 Å². The van der Waals surface area contributed by atoms with Crippen LogP contribution in [0.15, 0.2) is 22.7 Å². The molecule has 1 aliphatic rings. The lowest BCUT2D eigenvalue weighted by Gasteiger charge is -2.38. The normalized spacial score (nSPS) is 22.7. The van der Waals surface area contributed by atoms with Gasteiger partial charge in [-0.15, -0.1) is 0 Å². The number of halogens is 1. The fourth-order valence-electron chi connectivity index (χ4n) is 2.43. The van der Waals surface area contributed by atoms with Crippen molar-refractivity contribution in [3.63, 3.8) is 0 Å². The van der Waals surface area contributed by atoms with Gasteiger partial charge < -0.3 is 14.4 Å². The van der Waals surface area contributed by atoms with Crippen molar-refractivity contribution in [3.05, 3.63) is 28.2 Å². The molecule has 0 N–H and O–H groups in total. The maximum Gasteiger partial charge on any atom is 0.258 e. The van der Waals surface area contributed by atoms with Crippen LogP contribution in [0, 0.1) is 0 Å². The van der Waals surface area contributed by atoms with Crippen LogP contribution in [0.1, 0.15) is 30.6 Å². The van der Waals surface area contributed by atoms with Crippen LogP contribution in [-0.2, 0) is 4.74 Å². The molecule has 1 fully saturated rings. The molecule has 0 aliphatic carbocycles. The van der Waals surface area contributed by atoms with Crippen LogP contribution in [0.4, 0.5) is 0 Å². The van der Waals surface area contributed by atoms with Gasteiger partial charge in [-0.25, -0.2) is 0 Å². The third-order valence-electron chi connectivity index (χ3n) is 3.59. The van der Waals surface area contributed by atoms with Crippen LogP contribution < -0.4 is 4.74 Å². The summed E-state index contributed by atoms with van der Waals surface area (Å²) in [5.74, 6) is 0.606. The molecule has 2 atom stereocenters. The summed E-state index contributed by atoms with van der Waals surface area (Å²) in [5, 5.41) is 0. The topological polar surface area (TPSA) is 38.8 Å². The third kappa shape index (κ3) is 3.15. The molecule has 1 aromatic carbocycles. The van der Waals surface area contributed by atoms with E-state index < -0.39 is 0 Å². The first kappa shape index (κ1) is 15.3. The molecule has 2 unspecified atom stereocenters. The maximum absolute atomic E-state index is 12.8. The number of benzene rings is 1. The van der Waals surface area contributed by atoms with Crippen molar-refractivity contribution in [1.29, 1.82) is 0 Å². The highest BCUT2D eigenvalue weighted by atomic mass is 79.9. The van der Waals surface area contributed by atoms with E-state index in [2.05, 4.69) is 22.9 Å². The third-order valence-corrected chi connectivity index (χ3v) is 4.09. The molecule has 0 saturated carbocycles. The Morgan fingerprint density at radius 1 is 1.55 bits per heavy atom. The molecule has 0 spiro atoms. The molecular weight excluding hydrogens is 322 g/mol. The van der Waals surface area contributed by atoms with E-state index in [9.17, 15) is 4.79 Å². The van der Waals surface area contributed by atoms with E-state index in [4.69, 9.17) is 9.47 Å². The highest BCUT2D eigenvalue weighted by Gasteiger charge is 2.31. The summed E-state index contributed by atoms with van der Waals surface area (Å²) in [5.41, 5.74) is 0.600. The summed E-state index contributed by atoms with van der Waals surface area (Å²) in [4.78, 5) is 14.7. The van der Waals surface area contributed by atoms with Gasteiger partial charge in [0.15, 0.2) is 0 Å². The molecule has 0 radical (unpaired) electrons. The Kier molecular flexibility index (Phi) is 5.05. The van der Waals surface area contributed by atoms with Crippen molar-refractivity contribution in [1.82, 2.24) is 4.90 Å². The standard InChI is InChI=1S/C15H20BrNO3/c1-4-12-9-20-10(2)8-17(12)15(18)13-6-5-11(16)7-14(13)19-3/h5-7,10,12H,4,8-9H2,1-3H3. The van der Waals surface area contributed by atoms with E-state index >= 15 is 0 Å². The lowest BCUT2D eigenvalue weighted by Crippen LogP contribution is -2.51. The van der Waals surface area contributed by atoms with Gasteiger partial charge >= 0.3 is 0 Å². The van der Waals surface area contributed by atoms with E-state index in [0.717, 1.165) is 10.9 Å². The monoisotopic (exact) mass is 341 g/mol. The lowest BCUT2D eigenvalue weighted by atomic mass is 10.1. The molecule has 0 aromatic heterocycles. The van der Waals surface area contributed by atoms with E-state index in [1.54, 1.807) is 13.2 Å². The van der Waals surface area contributed by atoms with Crippen molar-refractivity contribution < 1.29 is 14.3 Å². The summed E-state index contributed by atoms with van der Waals surface area (Å²) in [6.07, 6.45) is 0.959. The number of rotatable bonds is 3. The molecule has 1 aromatic rings. The van der Waals surface area contributed by atoms with Gasteiger partial charge in [-0.3, -0.25) is 4.79 Å². The fraction of sp³-hybridized carbons (Fsp3) is 0.533. The molecule has 4 nitrogen and oxygen atoms in total. The van der Waals surface area contributed by atoms with Gasteiger partial charge in [-0.2, -0.15) is 0 Å². The minimum atomic E-state index is 0.0105. The number of carbonyl (C=O) groups is 1. The van der Waals surface area contributed by atoms with Crippen LogP contribution in [0.5, 0.6) is 5.75 Å². The number of ether oxygens (including phenoxy) is 2. The molecule has 1 saturated heterocycles. The Morgan fingerprint density at radius 2 is 2.30 bits per heavy atom. The Balaban J connectivity index is 2.29. The van der Waals surface area contributed by atoms with Crippen molar-refractivity contribution in [2.24, 2.45) is 0 Å². The second kappa shape index (κ2) is 6.59. The molecule has 20 heavy (non-hydrogen) atoms. The summed E-state index contributed by atoms with van der Waals surface area (Å²) in [6.45, 7) is 5.28. The summed E-state index contributed by atoms with van der Waals surface area (Å²) in [6, 6.07) is 5.61. The molecule has 1 amide bonds. The Morgan fingerprint density at radius 3 is 2.95 bits per heavy atom. The number of methoxy groups -OCH3 is 1. The lowest BCUT2D eigenvalue weighted by molar-refractivity contribution is -0.0444. The zero-order valence-electron chi connectivity index (χ0n) is 12.1. The zero-order valence-corrected chi connectivity index (χ0v) is 13.6. The van der Waals surface area contributed by atoms with Crippen LogP contribution in [0.2, 0.25) is 0 Å². The van der Waals surface area contributed by atoms with Gasteiger partial charge in [0.1, 0.15) is 5.75 Å². The average molecular weight is 342 g/mol. The number of hydrogen-bond donors (Lipinski definition) is 0. The first-order chi connectivity index (χ1) is 9.56. The van der Waals surface area contributed by atoms with Crippen molar-refractivity contribution in [2.45, 2.75) is 32.4 Å². The Hall–Kier alpha value is -1.07. The van der Waals surface area contributed by atoms with Crippen LogP contribution >= 0.6 is 15.9 Å². The minimum absolute atomic E-state index is 0.0105. The number of morpholine rings is 1. The van der Waals surface area contributed by atoms with E-state index in [-0.39, 0.29) is 18.1 Å². The van der Waals surface area contributed by atoms with Crippen LogP contribution in [0.3, 0.4) is 0 Å². The number of nitrogens with zero attached hydrogens (tertiary/aromatic N) is 1. The van der Waals surface area contributed by atoms with Crippen LogP contribution in [-0.4, -0.2) is 43.2 Å². The number of amides is 1. The molecule has 110 valence electrons. The SMILES string of the molecule is CCC1COC(C)CN1C(=O)c1ccc(Br)cc1OC. The highest BCUT2D eigenvalue weighted by Crippen LogP contribution is 2.27. The molecule has 1 heterocycles. The first-order valence-electron chi connectivity index (χ1n) is 6.83. The van der Waals surface area contributed by atoms with Gasteiger partial charge in [0.25, 0.3) is 5.91 Å². The Labute approximate surface area is 128 Å². The van der Waals surface area contributed by atoms with Gasteiger partial charge in [0.05, 0.1) is 31.4 Å². The van der Waals surface area contributed by atoms with E-state index in [1.165, 1.54) is 0 Å². The van der Waals surface area contributed by atoms with Crippen molar-refractivity contribution >= 4 is 21.8 Å². The van der Waals surface area contributed by atoms with E-state index in [1.807, 2.05) is 24.0 Å². The molecular formula is C15H20BrNO3. The predicted octanol–water partition coefficient (Wildman–Crippen LogP) is 3.10.